The van der Waals surface area contributed by atoms with Crippen LogP contribution in [0.25, 0.3) is 0 Å². The molecule has 1 saturated heterocycles. The topological polar surface area (TPSA) is 64.5 Å². The highest BCUT2D eigenvalue weighted by Crippen LogP contribution is 2.08. The maximum Gasteiger partial charge on any atom is 0.151 e. The Labute approximate surface area is 89.2 Å². The molecule has 5 nitrogen and oxygen atoms in total. The largest absolute Gasteiger partial charge is 0.380 e. The first-order valence-electron chi connectivity index (χ1n) is 5.33. The van der Waals surface area contributed by atoms with Crippen LogP contribution in [0.5, 0.6) is 0 Å². The van der Waals surface area contributed by atoms with E-state index >= 15 is 0 Å². The zero-order valence-electron chi connectivity index (χ0n) is 8.82. The van der Waals surface area contributed by atoms with Crippen LogP contribution in [0.2, 0.25) is 0 Å². The molecule has 0 spiro atoms. The highest BCUT2D eigenvalue weighted by molar-refractivity contribution is 5.04. The smallest absolute Gasteiger partial charge is 0.151 e. The SMILES string of the molecule is NCc1cc(CN2CCCOCC2)on1. The zero-order valence-corrected chi connectivity index (χ0v) is 8.82. The van der Waals surface area contributed by atoms with E-state index in [0.29, 0.717) is 6.54 Å². The summed E-state index contributed by atoms with van der Waals surface area (Å²) in [6, 6.07) is 1.92. The Balaban J connectivity index is 1.89. The van der Waals surface area contributed by atoms with Crippen molar-refractivity contribution in [3.63, 3.8) is 0 Å². The fourth-order valence-corrected chi connectivity index (χ4v) is 1.70. The van der Waals surface area contributed by atoms with Gasteiger partial charge in [-0.05, 0) is 6.42 Å². The predicted octanol–water partition coefficient (Wildman–Crippen LogP) is 0.356. The van der Waals surface area contributed by atoms with E-state index in [1.165, 1.54) is 0 Å². The molecule has 0 radical (unpaired) electrons. The van der Waals surface area contributed by atoms with Gasteiger partial charge in [0.05, 0.1) is 18.8 Å². The molecule has 0 unspecified atom stereocenters. The lowest BCUT2D eigenvalue weighted by molar-refractivity contribution is 0.138. The first kappa shape index (κ1) is 10.6. The molecule has 84 valence electrons. The minimum absolute atomic E-state index is 0.437. The molecule has 0 saturated carbocycles. The van der Waals surface area contributed by atoms with E-state index in [9.17, 15) is 0 Å². The molecule has 2 heterocycles. The van der Waals surface area contributed by atoms with Crippen LogP contribution in [0.4, 0.5) is 0 Å². The summed E-state index contributed by atoms with van der Waals surface area (Å²) in [6.07, 6.45) is 1.08. The lowest BCUT2D eigenvalue weighted by Gasteiger charge is -2.16. The van der Waals surface area contributed by atoms with Gasteiger partial charge >= 0.3 is 0 Å². The normalized spacial score (nSPS) is 19.0. The maximum absolute atomic E-state index is 5.47. The molecule has 0 atom stereocenters. The van der Waals surface area contributed by atoms with E-state index in [1.807, 2.05) is 6.07 Å². The van der Waals surface area contributed by atoms with Gasteiger partial charge < -0.3 is 15.0 Å². The van der Waals surface area contributed by atoms with Crippen molar-refractivity contribution in [3.05, 3.63) is 17.5 Å². The quantitative estimate of drug-likeness (QED) is 0.781. The summed E-state index contributed by atoms with van der Waals surface area (Å²) in [4.78, 5) is 2.31. The van der Waals surface area contributed by atoms with E-state index in [4.69, 9.17) is 15.0 Å². The van der Waals surface area contributed by atoms with Gasteiger partial charge in [0.1, 0.15) is 0 Å². The fourth-order valence-electron chi connectivity index (χ4n) is 1.70. The van der Waals surface area contributed by atoms with Gasteiger partial charge in [0, 0.05) is 32.3 Å². The summed E-state index contributed by atoms with van der Waals surface area (Å²) in [6.45, 7) is 4.92. The van der Waals surface area contributed by atoms with E-state index in [0.717, 1.165) is 50.7 Å². The number of ether oxygens (including phenoxy) is 1. The van der Waals surface area contributed by atoms with Crippen LogP contribution in [0.3, 0.4) is 0 Å². The zero-order chi connectivity index (χ0) is 10.5. The lowest BCUT2D eigenvalue weighted by atomic mass is 10.3. The number of rotatable bonds is 3. The molecule has 0 amide bonds. The highest BCUT2D eigenvalue weighted by atomic mass is 16.5. The van der Waals surface area contributed by atoms with Gasteiger partial charge in [-0.1, -0.05) is 5.16 Å². The summed E-state index contributed by atoms with van der Waals surface area (Å²) in [5.41, 5.74) is 6.28. The second kappa shape index (κ2) is 5.25. The number of aromatic nitrogens is 1. The monoisotopic (exact) mass is 211 g/mol. The average Bonchev–Trinajstić information content (AvgIpc) is 2.54. The summed E-state index contributed by atoms with van der Waals surface area (Å²) in [5.74, 6) is 0.886. The van der Waals surface area contributed by atoms with Crippen molar-refractivity contribution in [2.45, 2.75) is 19.5 Å². The molecule has 0 aliphatic carbocycles. The number of nitrogens with two attached hydrogens (primary N) is 1. The van der Waals surface area contributed by atoms with Gasteiger partial charge in [-0.2, -0.15) is 0 Å². The maximum atomic E-state index is 5.47. The van der Waals surface area contributed by atoms with Gasteiger partial charge in [-0.25, -0.2) is 0 Å². The van der Waals surface area contributed by atoms with Crippen molar-refractivity contribution < 1.29 is 9.26 Å². The third-order valence-corrected chi connectivity index (χ3v) is 2.51. The Hall–Kier alpha value is -0.910. The lowest BCUT2D eigenvalue weighted by Crippen LogP contribution is -2.25. The molecular formula is C10H17N3O2. The van der Waals surface area contributed by atoms with Gasteiger partial charge in [-0.3, -0.25) is 4.90 Å². The van der Waals surface area contributed by atoms with Crippen molar-refractivity contribution in [1.82, 2.24) is 10.1 Å². The van der Waals surface area contributed by atoms with Gasteiger partial charge in [0.25, 0.3) is 0 Å². The molecular weight excluding hydrogens is 194 g/mol. The van der Waals surface area contributed by atoms with Crippen LogP contribution in [0.1, 0.15) is 17.9 Å². The Morgan fingerprint density at radius 3 is 3.13 bits per heavy atom. The Bertz CT molecular complexity index is 293. The highest BCUT2D eigenvalue weighted by Gasteiger charge is 2.12. The molecule has 1 aromatic heterocycles. The average molecular weight is 211 g/mol. The van der Waals surface area contributed by atoms with Crippen LogP contribution in [0, 0.1) is 0 Å². The van der Waals surface area contributed by atoms with Crippen LogP contribution < -0.4 is 5.73 Å². The van der Waals surface area contributed by atoms with Crippen molar-refractivity contribution in [1.29, 1.82) is 0 Å². The number of nitrogens with zero attached hydrogens (tertiary/aromatic N) is 2. The van der Waals surface area contributed by atoms with Gasteiger partial charge in [-0.15, -0.1) is 0 Å². The first-order valence-corrected chi connectivity index (χ1v) is 5.33. The van der Waals surface area contributed by atoms with Crippen molar-refractivity contribution in [2.24, 2.45) is 5.73 Å². The standard InChI is InChI=1S/C10H17N3O2/c11-7-9-6-10(15-12-9)8-13-2-1-4-14-5-3-13/h6H,1-5,7-8,11H2. The number of hydrogen-bond donors (Lipinski definition) is 1. The molecule has 0 aromatic carbocycles. The second-order valence-corrected chi connectivity index (χ2v) is 3.73. The van der Waals surface area contributed by atoms with E-state index in [2.05, 4.69) is 10.1 Å². The molecule has 15 heavy (non-hydrogen) atoms. The molecule has 2 rings (SSSR count). The van der Waals surface area contributed by atoms with Crippen molar-refractivity contribution >= 4 is 0 Å². The van der Waals surface area contributed by atoms with Gasteiger partial charge in [0.2, 0.25) is 0 Å². The molecule has 5 heteroatoms. The van der Waals surface area contributed by atoms with Crippen LogP contribution in [-0.4, -0.2) is 36.4 Å². The minimum atomic E-state index is 0.437. The van der Waals surface area contributed by atoms with E-state index in [-0.39, 0.29) is 0 Å². The first-order chi connectivity index (χ1) is 7.38. The Kier molecular flexibility index (Phi) is 3.71. The molecule has 1 aromatic rings. The van der Waals surface area contributed by atoms with Crippen LogP contribution in [-0.2, 0) is 17.8 Å². The van der Waals surface area contributed by atoms with Crippen molar-refractivity contribution in [3.8, 4) is 0 Å². The van der Waals surface area contributed by atoms with Gasteiger partial charge in [0.15, 0.2) is 5.76 Å². The predicted molar refractivity (Wildman–Crippen MR) is 55.1 cm³/mol. The van der Waals surface area contributed by atoms with Crippen LogP contribution >= 0.6 is 0 Å². The van der Waals surface area contributed by atoms with Crippen molar-refractivity contribution in [2.75, 3.05) is 26.3 Å². The molecule has 2 N–H and O–H groups in total. The molecule has 1 aliphatic rings. The third kappa shape index (κ3) is 3.02. The summed E-state index contributed by atoms with van der Waals surface area (Å²) in [5, 5.41) is 3.87. The second-order valence-electron chi connectivity index (χ2n) is 3.73. The van der Waals surface area contributed by atoms with E-state index in [1.54, 1.807) is 0 Å². The fraction of sp³-hybridized carbons (Fsp3) is 0.700. The summed E-state index contributed by atoms with van der Waals surface area (Å²) < 4.78 is 10.6. The third-order valence-electron chi connectivity index (χ3n) is 2.51. The Morgan fingerprint density at radius 1 is 1.40 bits per heavy atom. The molecule has 1 fully saturated rings. The summed E-state index contributed by atoms with van der Waals surface area (Å²) >= 11 is 0. The molecule has 1 aliphatic heterocycles. The summed E-state index contributed by atoms with van der Waals surface area (Å²) in [7, 11) is 0. The van der Waals surface area contributed by atoms with Crippen LogP contribution in [0.15, 0.2) is 10.6 Å². The van der Waals surface area contributed by atoms with E-state index < -0.39 is 0 Å². The molecule has 0 bridgehead atoms. The Morgan fingerprint density at radius 2 is 2.33 bits per heavy atom. The number of hydrogen-bond acceptors (Lipinski definition) is 5. The minimum Gasteiger partial charge on any atom is -0.380 e.